The molecule has 2 aromatic carbocycles. The van der Waals surface area contributed by atoms with Crippen LogP contribution in [-0.4, -0.2) is 37.6 Å². The third kappa shape index (κ3) is 4.06. The molecule has 0 unspecified atom stereocenters. The van der Waals surface area contributed by atoms with Crippen molar-refractivity contribution in [3.63, 3.8) is 0 Å². The molecule has 2 N–H and O–H groups in total. The fourth-order valence-corrected chi connectivity index (χ4v) is 4.66. The molecule has 1 aromatic heterocycles. The Bertz CT molecular complexity index is 1220. The molecule has 0 aliphatic heterocycles. The molecule has 0 atom stereocenters. The number of carbonyl (C=O) groups excluding carboxylic acids is 2. The SMILES string of the molecule is COc1cc(Cc2cc(-n3cc(C)c4c3CCCC4=O)ccc2C(N)=O)cc(OC)c1OC. The standard InChI is InChI=1S/C26H28N2O5/c1-15-14-28(20-6-5-7-21(29)24(15)20)18-8-9-19(26(27)30)17(13-18)10-16-11-22(31-2)25(33-4)23(12-16)32-3/h8-9,11-14H,5-7,10H2,1-4H3,(H2,27,30). The zero-order valence-electron chi connectivity index (χ0n) is 19.4. The van der Waals surface area contributed by atoms with Crippen LogP contribution >= 0.6 is 0 Å². The van der Waals surface area contributed by atoms with Gasteiger partial charge in [0.1, 0.15) is 0 Å². The van der Waals surface area contributed by atoms with Crippen LogP contribution in [0.3, 0.4) is 0 Å². The maximum absolute atomic E-state index is 12.5. The average Bonchev–Trinajstić information content (AvgIpc) is 3.15. The Kier molecular flexibility index (Phi) is 6.14. The van der Waals surface area contributed by atoms with E-state index in [2.05, 4.69) is 4.57 Å². The molecule has 0 saturated carbocycles. The summed E-state index contributed by atoms with van der Waals surface area (Å²) in [6.07, 6.45) is 4.70. The molecule has 0 radical (unpaired) electrons. The lowest BCUT2D eigenvalue weighted by atomic mass is 9.94. The zero-order chi connectivity index (χ0) is 23.7. The maximum Gasteiger partial charge on any atom is 0.248 e. The highest BCUT2D eigenvalue weighted by Gasteiger charge is 2.24. The lowest BCUT2D eigenvalue weighted by Gasteiger charge is -2.17. The van der Waals surface area contributed by atoms with Crippen LogP contribution in [0.2, 0.25) is 0 Å². The van der Waals surface area contributed by atoms with E-state index in [-0.39, 0.29) is 5.78 Å². The van der Waals surface area contributed by atoms with E-state index in [9.17, 15) is 9.59 Å². The molecule has 1 heterocycles. The van der Waals surface area contributed by atoms with Crippen molar-refractivity contribution in [2.75, 3.05) is 21.3 Å². The number of aromatic nitrogens is 1. The van der Waals surface area contributed by atoms with Crippen LogP contribution in [0.15, 0.2) is 36.5 Å². The fraction of sp³-hybridized carbons (Fsp3) is 0.308. The van der Waals surface area contributed by atoms with Gasteiger partial charge < -0.3 is 24.5 Å². The molecule has 3 aromatic rings. The van der Waals surface area contributed by atoms with Crippen molar-refractivity contribution >= 4 is 11.7 Å². The number of hydrogen-bond donors (Lipinski definition) is 1. The van der Waals surface area contributed by atoms with Crippen molar-refractivity contribution in [1.82, 2.24) is 4.57 Å². The maximum atomic E-state index is 12.5. The molecular formula is C26H28N2O5. The van der Waals surface area contributed by atoms with Gasteiger partial charge in [-0.1, -0.05) is 0 Å². The van der Waals surface area contributed by atoms with Crippen LogP contribution in [0.1, 0.15) is 55.9 Å². The van der Waals surface area contributed by atoms with E-state index in [4.69, 9.17) is 19.9 Å². The minimum absolute atomic E-state index is 0.193. The van der Waals surface area contributed by atoms with Gasteiger partial charge in [-0.25, -0.2) is 0 Å². The summed E-state index contributed by atoms with van der Waals surface area (Å²) in [6.45, 7) is 1.97. The first-order valence-corrected chi connectivity index (χ1v) is 10.8. The summed E-state index contributed by atoms with van der Waals surface area (Å²) in [7, 11) is 4.68. The van der Waals surface area contributed by atoms with Crippen LogP contribution in [-0.2, 0) is 12.8 Å². The number of methoxy groups -OCH3 is 3. The Morgan fingerprint density at radius 2 is 1.73 bits per heavy atom. The second kappa shape index (κ2) is 9.02. The third-order valence-electron chi connectivity index (χ3n) is 6.14. The average molecular weight is 449 g/mol. The fourth-order valence-electron chi connectivity index (χ4n) is 4.66. The summed E-state index contributed by atoms with van der Waals surface area (Å²) in [6, 6.07) is 9.30. The summed E-state index contributed by atoms with van der Waals surface area (Å²) < 4.78 is 18.4. The molecule has 1 aliphatic rings. The number of primary amides is 1. The smallest absolute Gasteiger partial charge is 0.248 e. The van der Waals surface area contributed by atoms with E-state index >= 15 is 0 Å². The highest BCUT2D eigenvalue weighted by atomic mass is 16.5. The highest BCUT2D eigenvalue weighted by Crippen LogP contribution is 2.39. The van der Waals surface area contributed by atoms with Gasteiger partial charge in [-0.3, -0.25) is 9.59 Å². The molecule has 0 fully saturated rings. The van der Waals surface area contributed by atoms with E-state index in [1.165, 1.54) is 0 Å². The number of amides is 1. The zero-order valence-corrected chi connectivity index (χ0v) is 19.4. The van der Waals surface area contributed by atoms with E-state index in [0.717, 1.165) is 46.5 Å². The summed E-state index contributed by atoms with van der Waals surface area (Å²) in [5.74, 6) is 1.28. The van der Waals surface area contributed by atoms with Crippen molar-refractivity contribution in [2.24, 2.45) is 5.73 Å². The number of fused-ring (bicyclic) bond motifs is 1. The molecule has 7 nitrogen and oxygen atoms in total. The monoisotopic (exact) mass is 448 g/mol. The van der Waals surface area contributed by atoms with Crippen molar-refractivity contribution < 1.29 is 23.8 Å². The molecule has 1 amide bonds. The van der Waals surface area contributed by atoms with Gasteiger partial charge in [0.2, 0.25) is 11.7 Å². The Labute approximate surface area is 193 Å². The van der Waals surface area contributed by atoms with Gasteiger partial charge in [-0.05, 0) is 73.2 Å². The summed E-state index contributed by atoms with van der Waals surface area (Å²) in [5, 5.41) is 0. The van der Waals surface area contributed by atoms with Crippen molar-refractivity contribution in [3.05, 3.63) is 70.0 Å². The van der Waals surface area contributed by atoms with Crippen molar-refractivity contribution in [3.8, 4) is 22.9 Å². The number of ketones is 1. The Morgan fingerprint density at radius 1 is 1.03 bits per heavy atom. The molecule has 0 spiro atoms. The quantitative estimate of drug-likeness (QED) is 0.589. The first-order valence-electron chi connectivity index (χ1n) is 10.8. The number of rotatable bonds is 7. The second-order valence-corrected chi connectivity index (χ2v) is 8.20. The topological polar surface area (TPSA) is 92.8 Å². The number of benzene rings is 2. The van der Waals surface area contributed by atoms with Crippen molar-refractivity contribution in [1.29, 1.82) is 0 Å². The van der Waals surface area contributed by atoms with E-state index in [1.807, 2.05) is 37.4 Å². The number of carbonyl (C=O) groups is 2. The molecule has 7 heteroatoms. The normalized spacial score (nSPS) is 12.9. The lowest BCUT2D eigenvalue weighted by Crippen LogP contribution is -2.15. The predicted octanol–water partition coefficient (Wildman–Crippen LogP) is 4.02. The largest absolute Gasteiger partial charge is 0.493 e. The molecule has 4 rings (SSSR count). The number of nitrogens with zero attached hydrogens (tertiary/aromatic N) is 1. The minimum atomic E-state index is -0.495. The number of nitrogens with two attached hydrogens (primary N) is 1. The molecule has 33 heavy (non-hydrogen) atoms. The third-order valence-corrected chi connectivity index (χ3v) is 6.14. The summed E-state index contributed by atoms with van der Waals surface area (Å²) >= 11 is 0. The van der Waals surface area contributed by atoms with Crippen LogP contribution < -0.4 is 19.9 Å². The number of Topliss-reactive ketones (excluding diaryl/α,β-unsaturated/α-hetero) is 1. The minimum Gasteiger partial charge on any atom is -0.493 e. The number of aryl methyl sites for hydroxylation is 1. The Balaban J connectivity index is 1.81. The van der Waals surface area contributed by atoms with Gasteiger partial charge >= 0.3 is 0 Å². The second-order valence-electron chi connectivity index (χ2n) is 8.20. The molecular weight excluding hydrogens is 420 g/mol. The first kappa shape index (κ1) is 22.5. The Hall–Kier alpha value is -3.74. The van der Waals surface area contributed by atoms with Gasteiger partial charge in [0, 0.05) is 35.1 Å². The van der Waals surface area contributed by atoms with E-state index in [1.54, 1.807) is 27.4 Å². The van der Waals surface area contributed by atoms with Crippen LogP contribution in [0, 0.1) is 6.92 Å². The highest BCUT2D eigenvalue weighted by molar-refractivity contribution is 6.00. The molecule has 1 aliphatic carbocycles. The van der Waals surface area contributed by atoms with E-state index in [0.29, 0.717) is 35.7 Å². The summed E-state index contributed by atoms with van der Waals surface area (Å²) in [5.41, 5.74) is 11.5. The van der Waals surface area contributed by atoms with Gasteiger partial charge in [-0.15, -0.1) is 0 Å². The molecule has 172 valence electrons. The first-order chi connectivity index (χ1) is 15.9. The Morgan fingerprint density at radius 3 is 2.33 bits per heavy atom. The van der Waals surface area contributed by atoms with Crippen LogP contribution in [0.5, 0.6) is 17.2 Å². The number of hydrogen-bond acceptors (Lipinski definition) is 5. The van der Waals surface area contributed by atoms with E-state index < -0.39 is 5.91 Å². The predicted molar refractivity (Wildman–Crippen MR) is 125 cm³/mol. The lowest BCUT2D eigenvalue weighted by molar-refractivity contribution is 0.0969. The van der Waals surface area contributed by atoms with Gasteiger partial charge in [0.25, 0.3) is 0 Å². The van der Waals surface area contributed by atoms with Gasteiger partial charge in [-0.2, -0.15) is 0 Å². The molecule has 0 saturated heterocycles. The number of ether oxygens (including phenoxy) is 3. The van der Waals surface area contributed by atoms with Gasteiger partial charge in [0.05, 0.1) is 21.3 Å². The van der Waals surface area contributed by atoms with Crippen LogP contribution in [0.25, 0.3) is 5.69 Å². The van der Waals surface area contributed by atoms with Crippen molar-refractivity contribution in [2.45, 2.75) is 32.6 Å². The van der Waals surface area contributed by atoms with Gasteiger partial charge in [0.15, 0.2) is 17.3 Å². The molecule has 0 bridgehead atoms. The summed E-state index contributed by atoms with van der Waals surface area (Å²) in [4.78, 5) is 24.7. The van der Waals surface area contributed by atoms with Crippen LogP contribution in [0.4, 0.5) is 0 Å².